The summed E-state index contributed by atoms with van der Waals surface area (Å²) in [6.45, 7) is 14.9. The molecule has 5 heteroatoms. The summed E-state index contributed by atoms with van der Waals surface area (Å²) in [5.74, 6) is -0.237. The molecule has 0 amide bonds. The number of rotatable bonds is 8. The number of hydrogen-bond acceptors (Lipinski definition) is 3. The molecule has 2 aromatic carbocycles. The van der Waals surface area contributed by atoms with Crippen LogP contribution in [-0.4, -0.2) is 32.9 Å². The monoisotopic (exact) mass is 460 g/mol. The van der Waals surface area contributed by atoms with Gasteiger partial charge in [0.25, 0.3) is 0 Å². The Morgan fingerprint density at radius 3 is 2.06 bits per heavy atom. The summed E-state index contributed by atoms with van der Waals surface area (Å²) in [6, 6.07) is 16.2. The Morgan fingerprint density at radius 1 is 0.968 bits per heavy atom. The second-order valence-corrected chi connectivity index (χ2v) is 14.9. The summed E-state index contributed by atoms with van der Waals surface area (Å²) in [5.41, 5.74) is 3.33. The van der Waals surface area contributed by atoms with E-state index in [-0.39, 0.29) is 11.4 Å². The highest BCUT2D eigenvalue weighted by Gasteiger charge is 2.35. The summed E-state index contributed by atoms with van der Waals surface area (Å²) in [5, 5.41) is 0. The van der Waals surface area contributed by atoms with E-state index in [2.05, 4.69) is 78.2 Å². The Balaban J connectivity index is 2.79. The first-order valence-corrected chi connectivity index (χ1v) is 15.0. The van der Waals surface area contributed by atoms with Gasteiger partial charge in [0.15, 0.2) is 8.32 Å². The third-order valence-electron chi connectivity index (χ3n) is 5.15. The molecule has 0 aromatic heterocycles. The first-order chi connectivity index (χ1) is 14.3. The quantitative estimate of drug-likeness (QED) is 0.226. The number of ether oxygens (including phenoxy) is 1. The lowest BCUT2D eigenvalue weighted by atomic mass is 9.85. The van der Waals surface area contributed by atoms with Crippen molar-refractivity contribution in [2.24, 2.45) is 0 Å². The van der Waals surface area contributed by atoms with E-state index in [0.717, 1.165) is 28.3 Å². The maximum Gasteiger partial charge on any atom is 0.191 e. The number of benzene rings is 2. The van der Waals surface area contributed by atoms with E-state index >= 15 is 0 Å². The van der Waals surface area contributed by atoms with Gasteiger partial charge >= 0.3 is 0 Å². The highest BCUT2D eigenvalue weighted by atomic mass is 32.2. The lowest BCUT2D eigenvalue weighted by Gasteiger charge is -2.36. The van der Waals surface area contributed by atoms with E-state index in [1.165, 1.54) is 11.0 Å². The molecule has 0 atom stereocenters. The molecular formula is C26H37FO2SSi. The highest BCUT2D eigenvalue weighted by Crippen LogP contribution is 2.42. The first-order valence-electron chi connectivity index (χ1n) is 10.7. The zero-order valence-corrected chi connectivity index (χ0v) is 22.2. The van der Waals surface area contributed by atoms with Crippen molar-refractivity contribution in [1.29, 1.82) is 0 Å². The molecule has 170 valence electrons. The molecule has 0 heterocycles. The van der Waals surface area contributed by atoms with Crippen LogP contribution in [-0.2, 0) is 9.16 Å². The normalized spacial score (nSPS) is 13.9. The zero-order valence-electron chi connectivity index (χ0n) is 20.4. The van der Waals surface area contributed by atoms with Gasteiger partial charge in [-0.15, -0.1) is 11.8 Å². The molecule has 0 N–H and O–H groups in total. The van der Waals surface area contributed by atoms with Gasteiger partial charge in [-0.3, -0.25) is 0 Å². The summed E-state index contributed by atoms with van der Waals surface area (Å²) >= 11 is 1.72. The van der Waals surface area contributed by atoms with Gasteiger partial charge in [0.2, 0.25) is 0 Å². The minimum absolute atomic E-state index is 0.236. The van der Waals surface area contributed by atoms with E-state index in [1.54, 1.807) is 31.0 Å². The van der Waals surface area contributed by atoms with Crippen LogP contribution in [0.4, 0.5) is 4.39 Å². The third kappa shape index (κ3) is 7.31. The number of allylic oxidation sites excluding steroid dienone is 1. The van der Waals surface area contributed by atoms with Gasteiger partial charge in [-0.2, -0.15) is 0 Å². The predicted octanol–water partition coefficient (Wildman–Crippen LogP) is 7.90. The summed E-state index contributed by atoms with van der Waals surface area (Å²) in [4.78, 5) is 1.20. The van der Waals surface area contributed by atoms with Crippen molar-refractivity contribution in [1.82, 2.24) is 0 Å². The van der Waals surface area contributed by atoms with Crippen molar-refractivity contribution < 1.29 is 13.6 Å². The van der Waals surface area contributed by atoms with Crippen LogP contribution >= 0.6 is 11.8 Å². The van der Waals surface area contributed by atoms with Crippen molar-refractivity contribution in [2.45, 2.75) is 69.9 Å². The van der Waals surface area contributed by atoms with Crippen molar-refractivity contribution >= 4 is 31.2 Å². The van der Waals surface area contributed by atoms with E-state index < -0.39 is 13.9 Å². The van der Waals surface area contributed by atoms with Crippen LogP contribution < -0.4 is 0 Å². The fourth-order valence-electron chi connectivity index (χ4n) is 4.05. The number of halogens is 1. The molecule has 0 unspecified atom stereocenters. The molecule has 0 spiro atoms. The summed E-state index contributed by atoms with van der Waals surface area (Å²) in [6.07, 6.45) is 2.07. The molecule has 2 nitrogen and oxygen atoms in total. The van der Waals surface area contributed by atoms with Crippen molar-refractivity contribution in [3.05, 3.63) is 65.5 Å². The van der Waals surface area contributed by atoms with Gasteiger partial charge in [-0.05, 0) is 107 Å². The highest BCUT2D eigenvalue weighted by molar-refractivity contribution is 7.98. The molecule has 0 fully saturated rings. The SMILES string of the molecule is COC(C)(C)C(=C(C[Si](C)(C)OC(C)(C)C)c1cccc(F)c1)c1ccc(SC)cc1. The lowest BCUT2D eigenvalue weighted by Crippen LogP contribution is -2.39. The van der Waals surface area contributed by atoms with Crippen molar-refractivity contribution in [3.63, 3.8) is 0 Å². The van der Waals surface area contributed by atoms with Crippen LogP contribution in [0.15, 0.2) is 53.4 Å². The van der Waals surface area contributed by atoms with Crippen LogP contribution in [0.5, 0.6) is 0 Å². The van der Waals surface area contributed by atoms with Gasteiger partial charge in [0.1, 0.15) is 5.82 Å². The molecule has 0 bridgehead atoms. The van der Waals surface area contributed by atoms with E-state index in [9.17, 15) is 4.39 Å². The molecule has 0 radical (unpaired) electrons. The average Bonchev–Trinajstić information content (AvgIpc) is 2.66. The van der Waals surface area contributed by atoms with E-state index in [0.29, 0.717) is 0 Å². The van der Waals surface area contributed by atoms with Gasteiger partial charge in [-0.1, -0.05) is 24.3 Å². The average molecular weight is 461 g/mol. The lowest BCUT2D eigenvalue weighted by molar-refractivity contribution is 0.0747. The van der Waals surface area contributed by atoms with Gasteiger partial charge in [0, 0.05) is 17.6 Å². The molecule has 0 aliphatic rings. The second kappa shape index (κ2) is 10.0. The number of thioether (sulfide) groups is 1. The zero-order chi connectivity index (χ0) is 23.4. The fourth-order valence-corrected chi connectivity index (χ4v) is 7.42. The first kappa shape index (κ1) is 25.9. The molecule has 2 aromatic rings. The molecular weight excluding hydrogens is 423 g/mol. The Morgan fingerprint density at radius 2 is 1.58 bits per heavy atom. The fraction of sp³-hybridized carbons (Fsp3) is 0.462. The van der Waals surface area contributed by atoms with Crippen LogP contribution in [0.1, 0.15) is 45.7 Å². The predicted molar refractivity (Wildman–Crippen MR) is 136 cm³/mol. The minimum Gasteiger partial charge on any atom is -0.412 e. The smallest absolute Gasteiger partial charge is 0.191 e. The number of hydrogen-bond donors (Lipinski definition) is 0. The van der Waals surface area contributed by atoms with Gasteiger partial charge in [-0.25, -0.2) is 4.39 Å². The Hall–Kier alpha value is -1.40. The largest absolute Gasteiger partial charge is 0.412 e. The Labute approximate surface area is 193 Å². The van der Waals surface area contributed by atoms with Crippen LogP contribution in [0.3, 0.4) is 0 Å². The van der Waals surface area contributed by atoms with E-state index in [4.69, 9.17) is 9.16 Å². The molecule has 0 aliphatic heterocycles. The molecule has 31 heavy (non-hydrogen) atoms. The third-order valence-corrected chi connectivity index (χ3v) is 8.26. The molecule has 0 saturated carbocycles. The van der Waals surface area contributed by atoms with Crippen LogP contribution in [0, 0.1) is 5.82 Å². The molecule has 0 saturated heterocycles. The Kier molecular flexibility index (Phi) is 8.37. The minimum atomic E-state index is -2.15. The van der Waals surface area contributed by atoms with Crippen LogP contribution in [0.25, 0.3) is 11.1 Å². The standard InChI is InChI=1S/C26H37FO2SSi/c1-25(2,3)29-31(8,9)18-23(20-11-10-12-21(27)17-20)24(26(4,5)28-6)19-13-15-22(30-7)16-14-19/h10-17H,18H2,1-9H3. The topological polar surface area (TPSA) is 18.5 Å². The van der Waals surface area contributed by atoms with Crippen molar-refractivity contribution in [2.75, 3.05) is 13.4 Å². The molecule has 0 aliphatic carbocycles. The number of methoxy groups -OCH3 is 1. The second-order valence-electron chi connectivity index (χ2n) is 9.96. The summed E-state index contributed by atoms with van der Waals surface area (Å²) in [7, 11) is -0.417. The van der Waals surface area contributed by atoms with Crippen molar-refractivity contribution in [3.8, 4) is 0 Å². The van der Waals surface area contributed by atoms with Crippen LogP contribution in [0.2, 0.25) is 19.1 Å². The maximum absolute atomic E-state index is 14.3. The van der Waals surface area contributed by atoms with E-state index in [1.807, 2.05) is 6.07 Å². The molecule has 2 rings (SSSR count). The summed E-state index contributed by atoms with van der Waals surface area (Å²) < 4.78 is 26.8. The Bertz CT molecular complexity index is 912. The van der Waals surface area contributed by atoms with Gasteiger partial charge in [0.05, 0.1) is 5.60 Å². The maximum atomic E-state index is 14.3. The van der Waals surface area contributed by atoms with Gasteiger partial charge < -0.3 is 9.16 Å².